The molecule has 0 fully saturated rings. The molecule has 1 aromatic rings. The number of hydrogen-bond acceptors (Lipinski definition) is 3. The van der Waals surface area contributed by atoms with Gasteiger partial charge in [0.2, 0.25) is 0 Å². The number of hydrogen-bond donors (Lipinski definition) is 2. The first kappa shape index (κ1) is 15.3. The van der Waals surface area contributed by atoms with Gasteiger partial charge in [0.05, 0.1) is 21.3 Å². The zero-order chi connectivity index (χ0) is 14.4. The number of anilines is 1. The van der Waals surface area contributed by atoms with Gasteiger partial charge in [0, 0.05) is 11.9 Å². The Labute approximate surface area is 121 Å². The molecule has 1 aromatic carbocycles. The van der Waals surface area contributed by atoms with Crippen molar-refractivity contribution in [1.82, 2.24) is 5.32 Å². The first-order valence-electron chi connectivity index (χ1n) is 5.34. The lowest BCUT2D eigenvalue weighted by Gasteiger charge is -2.10. The van der Waals surface area contributed by atoms with Crippen molar-refractivity contribution >= 4 is 41.5 Å². The van der Waals surface area contributed by atoms with E-state index in [-0.39, 0.29) is 15.6 Å². The van der Waals surface area contributed by atoms with E-state index >= 15 is 0 Å². The molecule has 4 nitrogen and oxygen atoms in total. The maximum Gasteiger partial charge on any atom is 0.258 e. The van der Waals surface area contributed by atoms with Gasteiger partial charge in [-0.2, -0.15) is 0 Å². The van der Waals surface area contributed by atoms with E-state index < -0.39 is 5.91 Å². The van der Waals surface area contributed by atoms with Crippen LogP contribution in [0.25, 0.3) is 0 Å². The van der Waals surface area contributed by atoms with Crippen LogP contribution in [0.2, 0.25) is 10.0 Å². The van der Waals surface area contributed by atoms with Crippen molar-refractivity contribution in [2.75, 3.05) is 5.73 Å². The number of nitrogens with one attached hydrogen (secondary N) is 1. The van der Waals surface area contributed by atoms with Gasteiger partial charge in [0.1, 0.15) is 0 Å². The predicted molar refractivity (Wildman–Crippen MR) is 80.8 cm³/mol. The molecule has 100 valence electrons. The van der Waals surface area contributed by atoms with E-state index in [1.165, 1.54) is 12.3 Å². The van der Waals surface area contributed by atoms with Crippen molar-refractivity contribution in [3.63, 3.8) is 0 Å². The first-order chi connectivity index (χ1) is 9.01. The number of nitrogen functional groups attached to an aromatic ring is 1. The predicted octanol–water partition coefficient (Wildman–Crippen LogP) is 3.42. The number of carbonyl (C=O) groups is 1. The number of halogens is 2. The van der Waals surface area contributed by atoms with Gasteiger partial charge in [-0.1, -0.05) is 29.3 Å². The van der Waals surface area contributed by atoms with Crippen LogP contribution in [0.5, 0.6) is 0 Å². The summed E-state index contributed by atoms with van der Waals surface area (Å²) in [5.74, 6) is -0.441. The highest BCUT2D eigenvalue weighted by Crippen LogP contribution is 2.29. The molecule has 0 spiro atoms. The lowest BCUT2D eigenvalue weighted by atomic mass is 10.1. The lowest BCUT2D eigenvalue weighted by Crippen LogP contribution is -2.22. The summed E-state index contributed by atoms with van der Waals surface area (Å²) >= 11 is 11.9. The number of aliphatic imine (C=N–C) groups is 1. The van der Waals surface area contributed by atoms with Crippen molar-refractivity contribution in [3.05, 3.63) is 51.8 Å². The quantitative estimate of drug-likeness (QED) is 0.508. The van der Waals surface area contributed by atoms with E-state index in [9.17, 15) is 4.79 Å². The van der Waals surface area contributed by atoms with E-state index in [0.29, 0.717) is 11.4 Å². The van der Waals surface area contributed by atoms with Crippen molar-refractivity contribution in [3.8, 4) is 0 Å². The molecule has 0 aromatic heterocycles. The molecule has 0 saturated heterocycles. The molecule has 0 bridgehead atoms. The Morgan fingerprint density at radius 3 is 2.74 bits per heavy atom. The third kappa shape index (κ3) is 3.84. The van der Waals surface area contributed by atoms with Gasteiger partial charge in [-0.3, -0.25) is 9.79 Å². The second kappa shape index (κ2) is 6.97. The van der Waals surface area contributed by atoms with Gasteiger partial charge in [0.25, 0.3) is 5.91 Å². The third-order valence-electron chi connectivity index (χ3n) is 2.28. The maximum atomic E-state index is 12.1. The Bertz CT molecular complexity index is 565. The molecule has 0 aliphatic heterocycles. The Hall–Kier alpha value is -1.78. The Morgan fingerprint density at radius 1 is 1.47 bits per heavy atom. The van der Waals surface area contributed by atoms with Crippen LogP contribution in [-0.4, -0.2) is 12.6 Å². The molecule has 1 amide bonds. The van der Waals surface area contributed by atoms with Crippen LogP contribution in [0.3, 0.4) is 0 Å². The zero-order valence-corrected chi connectivity index (χ0v) is 11.8. The van der Waals surface area contributed by atoms with Crippen molar-refractivity contribution in [2.24, 2.45) is 4.99 Å². The van der Waals surface area contributed by atoms with Crippen LogP contribution < -0.4 is 11.1 Å². The van der Waals surface area contributed by atoms with E-state index in [1.54, 1.807) is 25.1 Å². The van der Waals surface area contributed by atoms with Crippen LogP contribution in [-0.2, 0) is 0 Å². The van der Waals surface area contributed by atoms with Crippen molar-refractivity contribution in [1.29, 1.82) is 0 Å². The molecular weight excluding hydrogens is 285 g/mol. The van der Waals surface area contributed by atoms with Crippen LogP contribution in [0, 0.1) is 0 Å². The average molecular weight is 298 g/mol. The second-order valence-electron chi connectivity index (χ2n) is 3.52. The van der Waals surface area contributed by atoms with Gasteiger partial charge >= 0.3 is 0 Å². The summed E-state index contributed by atoms with van der Waals surface area (Å²) < 4.78 is 0. The normalized spacial score (nSPS) is 11.6. The van der Waals surface area contributed by atoms with E-state index in [0.717, 1.165) is 0 Å². The number of amides is 1. The number of rotatable bonds is 4. The Balaban J connectivity index is 3.05. The molecule has 6 heteroatoms. The topological polar surface area (TPSA) is 67.5 Å². The molecular formula is C13H13Cl2N3O. The Kier molecular flexibility index (Phi) is 5.60. The first-order valence-corrected chi connectivity index (χ1v) is 6.10. The number of nitrogens with two attached hydrogens (primary N) is 1. The smallest absolute Gasteiger partial charge is 0.258 e. The van der Waals surface area contributed by atoms with E-state index in [2.05, 4.69) is 17.0 Å². The molecule has 19 heavy (non-hydrogen) atoms. The Morgan fingerprint density at radius 2 is 2.16 bits per heavy atom. The highest BCUT2D eigenvalue weighted by Gasteiger charge is 2.17. The minimum absolute atomic E-state index is 0.131. The number of benzene rings is 1. The van der Waals surface area contributed by atoms with Gasteiger partial charge < -0.3 is 11.1 Å². The summed E-state index contributed by atoms with van der Waals surface area (Å²) in [5, 5.41) is 3.01. The van der Waals surface area contributed by atoms with Crippen LogP contribution in [0.15, 0.2) is 41.2 Å². The summed E-state index contributed by atoms with van der Waals surface area (Å²) in [4.78, 5) is 15.7. The lowest BCUT2D eigenvalue weighted by molar-refractivity contribution is 0.0967. The average Bonchev–Trinajstić information content (AvgIpc) is 2.39. The molecule has 0 unspecified atom stereocenters. The fourth-order valence-corrected chi connectivity index (χ4v) is 1.86. The molecule has 3 N–H and O–H groups in total. The fraction of sp³-hybridized carbons (Fsp3) is 0.0769. The molecule has 0 atom stereocenters. The van der Waals surface area contributed by atoms with Crippen LogP contribution in [0.4, 0.5) is 5.69 Å². The zero-order valence-electron chi connectivity index (χ0n) is 10.3. The number of allylic oxidation sites excluding steroid dienone is 2. The third-order valence-corrected chi connectivity index (χ3v) is 3.00. The summed E-state index contributed by atoms with van der Waals surface area (Å²) in [7, 11) is 0. The van der Waals surface area contributed by atoms with Crippen LogP contribution in [0.1, 0.15) is 17.3 Å². The minimum Gasteiger partial charge on any atom is -0.398 e. The summed E-state index contributed by atoms with van der Waals surface area (Å²) in [6, 6.07) is 3.06. The summed E-state index contributed by atoms with van der Waals surface area (Å²) in [6.07, 6.45) is 4.75. The van der Waals surface area contributed by atoms with Gasteiger partial charge in [-0.25, -0.2) is 0 Å². The second-order valence-corrected chi connectivity index (χ2v) is 4.31. The van der Waals surface area contributed by atoms with Gasteiger partial charge in [-0.05, 0) is 31.9 Å². The fourth-order valence-electron chi connectivity index (χ4n) is 1.31. The summed E-state index contributed by atoms with van der Waals surface area (Å²) in [6.45, 7) is 5.08. The standard InChI is InChI=1S/C13H13Cl2N3O/c1-3-8(6-7-17-2)18-13(19)11-9(14)4-5-10(16)12(11)15/h3-7H,2,16H2,1H3,(H,18,19). The van der Waals surface area contributed by atoms with Gasteiger partial charge in [-0.15, -0.1) is 0 Å². The molecule has 1 rings (SSSR count). The molecule has 0 aliphatic rings. The molecule has 0 heterocycles. The molecule has 0 saturated carbocycles. The molecule has 0 radical (unpaired) electrons. The number of nitrogens with zero attached hydrogens (tertiary/aromatic N) is 1. The highest BCUT2D eigenvalue weighted by molar-refractivity contribution is 6.41. The summed E-state index contributed by atoms with van der Waals surface area (Å²) in [5.41, 5.74) is 6.63. The van der Waals surface area contributed by atoms with E-state index in [4.69, 9.17) is 28.9 Å². The monoisotopic (exact) mass is 297 g/mol. The van der Waals surface area contributed by atoms with Gasteiger partial charge in [0.15, 0.2) is 0 Å². The maximum absolute atomic E-state index is 12.1. The highest BCUT2D eigenvalue weighted by atomic mass is 35.5. The number of carbonyl (C=O) groups excluding carboxylic acids is 1. The molecule has 0 aliphatic carbocycles. The van der Waals surface area contributed by atoms with Crippen molar-refractivity contribution in [2.45, 2.75) is 6.92 Å². The van der Waals surface area contributed by atoms with E-state index in [1.807, 2.05) is 0 Å². The van der Waals surface area contributed by atoms with Crippen LogP contribution >= 0.6 is 23.2 Å². The largest absolute Gasteiger partial charge is 0.398 e. The SMILES string of the molecule is C=NC=CC(=CC)NC(=O)c1c(Cl)ccc(N)c1Cl. The van der Waals surface area contributed by atoms with Crippen molar-refractivity contribution < 1.29 is 4.79 Å². The minimum atomic E-state index is -0.441.